The average molecular weight is 478 g/mol. The minimum atomic E-state index is -1.86. The molecular weight excluding hydrogens is 454 g/mol. The van der Waals surface area contributed by atoms with E-state index in [-0.39, 0.29) is 23.4 Å². The average Bonchev–Trinajstić information content (AvgIpc) is 3.36. The number of aliphatic carboxylic acids is 1. The van der Waals surface area contributed by atoms with Crippen LogP contribution in [0.3, 0.4) is 0 Å². The molecule has 10 nitrogen and oxygen atoms in total. The molecule has 35 heavy (non-hydrogen) atoms. The Morgan fingerprint density at radius 3 is 2.60 bits per heavy atom. The summed E-state index contributed by atoms with van der Waals surface area (Å²) in [5.74, 6) is -1.50. The molecule has 0 spiro atoms. The molecule has 3 aromatic rings. The summed E-state index contributed by atoms with van der Waals surface area (Å²) in [5, 5.41) is 21.4. The van der Waals surface area contributed by atoms with Gasteiger partial charge in [0.05, 0.1) is 13.3 Å². The number of amides is 3. The van der Waals surface area contributed by atoms with Gasteiger partial charge in [0.1, 0.15) is 35.6 Å². The molecule has 0 saturated carbocycles. The summed E-state index contributed by atoms with van der Waals surface area (Å²) < 4.78 is 11.9. The van der Waals surface area contributed by atoms with Crippen molar-refractivity contribution in [2.75, 3.05) is 13.7 Å². The zero-order valence-corrected chi connectivity index (χ0v) is 19.4. The highest BCUT2D eigenvalue weighted by Gasteiger charge is 2.54. The molecule has 2 heterocycles. The molecular formula is C25H24N3O7+. The topological polar surface area (TPSA) is 133 Å². The molecule has 2 aromatic carbocycles. The van der Waals surface area contributed by atoms with Gasteiger partial charge in [-0.25, -0.2) is 14.6 Å². The predicted molar refractivity (Wildman–Crippen MR) is 124 cm³/mol. The molecule has 10 heteroatoms. The summed E-state index contributed by atoms with van der Waals surface area (Å²) in [6.07, 6.45) is 1.62. The van der Waals surface area contributed by atoms with E-state index < -0.39 is 29.6 Å². The third-order valence-corrected chi connectivity index (χ3v) is 5.97. The fourth-order valence-corrected chi connectivity index (χ4v) is 3.99. The molecule has 180 valence electrons. The SMILES string of the molecule is C=c1cc2c(cc1-c1ncco1)=[N+](CC(O)c1ccccc1OC)C(=O)N(C(C)(C)C(=O)O)C2=O. The highest BCUT2D eigenvalue weighted by Crippen LogP contribution is 2.26. The Bertz CT molecular complexity index is 1440. The number of para-hydroxylation sites is 1. The normalized spacial score (nSPS) is 14.6. The van der Waals surface area contributed by atoms with Crippen LogP contribution < -0.4 is 19.9 Å². The summed E-state index contributed by atoms with van der Waals surface area (Å²) in [5.41, 5.74) is -0.933. The number of rotatable bonds is 7. The number of ether oxygens (including phenoxy) is 1. The monoisotopic (exact) mass is 478 g/mol. The first kappa shape index (κ1) is 23.8. The van der Waals surface area contributed by atoms with Gasteiger partial charge in [-0.15, -0.1) is 4.90 Å². The highest BCUT2D eigenvalue weighted by atomic mass is 16.5. The van der Waals surface area contributed by atoms with Crippen molar-refractivity contribution < 1.29 is 33.8 Å². The van der Waals surface area contributed by atoms with E-state index in [1.54, 1.807) is 24.3 Å². The summed E-state index contributed by atoms with van der Waals surface area (Å²) in [6.45, 7) is 6.20. The first-order valence-electron chi connectivity index (χ1n) is 10.7. The zero-order valence-electron chi connectivity index (χ0n) is 19.4. The molecule has 1 aliphatic heterocycles. The van der Waals surface area contributed by atoms with E-state index in [0.29, 0.717) is 27.0 Å². The second-order valence-corrected chi connectivity index (χ2v) is 8.52. The van der Waals surface area contributed by atoms with Gasteiger partial charge < -0.3 is 19.4 Å². The molecule has 1 aromatic heterocycles. The Balaban J connectivity index is 1.96. The van der Waals surface area contributed by atoms with Crippen LogP contribution >= 0.6 is 0 Å². The van der Waals surface area contributed by atoms with E-state index in [9.17, 15) is 24.6 Å². The van der Waals surface area contributed by atoms with E-state index in [2.05, 4.69) is 11.6 Å². The van der Waals surface area contributed by atoms with E-state index in [1.165, 1.54) is 50.1 Å². The van der Waals surface area contributed by atoms with Crippen LogP contribution in [-0.2, 0) is 4.79 Å². The molecule has 1 atom stereocenters. The van der Waals surface area contributed by atoms with Crippen LogP contribution in [0.1, 0.15) is 35.9 Å². The van der Waals surface area contributed by atoms with Crippen LogP contribution in [0.5, 0.6) is 5.75 Å². The van der Waals surface area contributed by atoms with E-state index in [1.807, 2.05) is 0 Å². The van der Waals surface area contributed by atoms with E-state index in [4.69, 9.17) is 9.15 Å². The summed E-state index contributed by atoms with van der Waals surface area (Å²) in [4.78, 5) is 43.8. The van der Waals surface area contributed by atoms with Gasteiger partial charge >= 0.3 is 17.9 Å². The van der Waals surface area contributed by atoms with E-state index in [0.717, 1.165) is 0 Å². The van der Waals surface area contributed by atoms with Crippen LogP contribution in [0.4, 0.5) is 4.79 Å². The number of fused-ring (bicyclic) bond motifs is 1. The van der Waals surface area contributed by atoms with Gasteiger partial charge in [-0.05, 0) is 37.3 Å². The first-order valence-corrected chi connectivity index (χ1v) is 10.7. The standard InChI is InChI=1S/C25H23N3O7/c1-14-11-17-18(12-16(14)21-26-9-10-35-21)27(13-19(29)15-7-5-6-8-20(15)34-4)24(33)28(22(17)30)25(2,3)23(31)32/h5-12,19,29H,1,13H2,2-4H3/p+1. The number of hydrogen-bond acceptors (Lipinski definition) is 7. The lowest BCUT2D eigenvalue weighted by molar-refractivity contribution is -0.146. The van der Waals surface area contributed by atoms with Crippen LogP contribution in [0, 0.1) is 0 Å². The minimum Gasteiger partial charge on any atom is -0.496 e. The molecule has 0 fully saturated rings. The van der Waals surface area contributed by atoms with Gasteiger partial charge in [0.25, 0.3) is 0 Å². The number of carboxylic acids is 1. The lowest BCUT2D eigenvalue weighted by Gasteiger charge is -2.30. The van der Waals surface area contributed by atoms with Gasteiger partial charge in [0.15, 0.2) is 0 Å². The Hall–Kier alpha value is -4.31. The Morgan fingerprint density at radius 2 is 1.97 bits per heavy atom. The fraction of sp³-hybridized carbons (Fsp3) is 0.240. The van der Waals surface area contributed by atoms with Crippen molar-refractivity contribution in [3.05, 3.63) is 70.6 Å². The van der Waals surface area contributed by atoms with Gasteiger partial charge in [-0.3, -0.25) is 0 Å². The molecule has 2 N–H and O–H groups in total. The maximum Gasteiger partial charge on any atom is 0.502 e. The Morgan fingerprint density at radius 1 is 1.26 bits per heavy atom. The number of benzene rings is 2. The van der Waals surface area contributed by atoms with Crippen molar-refractivity contribution in [1.82, 2.24) is 14.5 Å². The lowest BCUT2D eigenvalue weighted by atomic mass is 9.98. The van der Waals surface area contributed by atoms with Crippen molar-refractivity contribution in [3.8, 4) is 17.2 Å². The summed E-state index contributed by atoms with van der Waals surface area (Å²) >= 11 is 0. The third kappa shape index (κ3) is 3.97. The van der Waals surface area contributed by atoms with E-state index >= 15 is 0 Å². The first-order chi connectivity index (χ1) is 16.6. The smallest absolute Gasteiger partial charge is 0.496 e. The molecule has 0 radical (unpaired) electrons. The largest absolute Gasteiger partial charge is 0.502 e. The highest BCUT2D eigenvalue weighted by molar-refractivity contribution is 6.10. The van der Waals surface area contributed by atoms with Gasteiger partial charge in [-0.2, -0.15) is 9.37 Å². The van der Waals surface area contributed by atoms with Gasteiger partial charge in [-0.1, -0.05) is 24.8 Å². The number of carboxylic acid groups (broad SMARTS) is 1. The molecule has 1 unspecified atom stereocenters. The second kappa shape index (κ2) is 8.80. The number of aliphatic hydroxyl groups is 1. The molecule has 3 amide bonds. The predicted octanol–water partition coefficient (Wildman–Crippen LogP) is 1.42. The van der Waals surface area contributed by atoms with Crippen LogP contribution in [0.15, 0.2) is 53.3 Å². The van der Waals surface area contributed by atoms with Crippen molar-refractivity contribution in [1.29, 1.82) is 0 Å². The number of β-amino-alcohol motifs (C(OH)–C–C–N with tert-alkyl or cyclic N) is 1. The number of aliphatic hydroxyl groups excluding tert-OH is 1. The number of carbonyl (C=O) groups excluding carboxylic acids is 2. The number of aromatic nitrogens is 1. The second-order valence-electron chi connectivity index (χ2n) is 8.52. The minimum absolute atomic E-state index is 0.0615. The van der Waals surface area contributed by atoms with Crippen molar-refractivity contribution in [2.24, 2.45) is 0 Å². The quantitative estimate of drug-likeness (QED) is 0.487. The van der Waals surface area contributed by atoms with Gasteiger partial charge in [0.2, 0.25) is 11.4 Å². The number of imide groups is 1. The van der Waals surface area contributed by atoms with Gasteiger partial charge in [0, 0.05) is 11.1 Å². The van der Waals surface area contributed by atoms with Crippen molar-refractivity contribution in [3.63, 3.8) is 0 Å². The number of nitrogens with zero attached hydrogens (tertiary/aromatic N) is 3. The summed E-state index contributed by atoms with van der Waals surface area (Å²) in [6, 6.07) is 8.87. The third-order valence-electron chi connectivity index (χ3n) is 5.97. The molecule has 0 aliphatic carbocycles. The number of carbonyl (C=O) groups is 3. The van der Waals surface area contributed by atoms with Crippen LogP contribution in [0.2, 0.25) is 0 Å². The Labute approximate surface area is 200 Å². The number of hydrogen-bond donors (Lipinski definition) is 2. The maximum atomic E-state index is 13.6. The molecule has 0 saturated heterocycles. The number of urea groups is 1. The lowest BCUT2D eigenvalue weighted by Crippen LogP contribution is -2.64. The zero-order chi connectivity index (χ0) is 25.5. The number of methoxy groups -OCH3 is 1. The van der Waals surface area contributed by atoms with Crippen LogP contribution in [0.25, 0.3) is 18.0 Å². The van der Waals surface area contributed by atoms with Crippen molar-refractivity contribution >= 4 is 24.5 Å². The molecule has 0 bridgehead atoms. The Kier molecular flexibility index (Phi) is 5.99. The molecule has 4 rings (SSSR count). The van der Waals surface area contributed by atoms with Crippen LogP contribution in [-0.4, -0.2) is 57.2 Å². The fourth-order valence-electron chi connectivity index (χ4n) is 3.99. The maximum absolute atomic E-state index is 13.6. The molecule has 1 aliphatic rings. The summed E-state index contributed by atoms with van der Waals surface area (Å²) in [7, 11) is 1.46. The number of oxazole rings is 1. The van der Waals surface area contributed by atoms with Crippen molar-refractivity contribution in [2.45, 2.75) is 25.5 Å².